The van der Waals surface area contributed by atoms with E-state index >= 15 is 0 Å². The van der Waals surface area contributed by atoms with Gasteiger partial charge in [0.1, 0.15) is 5.69 Å². The van der Waals surface area contributed by atoms with Gasteiger partial charge in [-0.3, -0.25) is 0 Å². The second-order valence-electron chi connectivity index (χ2n) is 3.44. The fraction of sp³-hybridized carbons (Fsp3) is 0.222. The third-order valence-corrected chi connectivity index (χ3v) is 2.09. The maximum atomic E-state index is 12.5. The summed E-state index contributed by atoms with van der Waals surface area (Å²) in [5.74, 6) is -0.611. The van der Waals surface area contributed by atoms with E-state index in [1.54, 1.807) is 0 Å². The zero-order valence-corrected chi connectivity index (χ0v) is 8.87. The number of rotatable bonds is 1. The van der Waals surface area contributed by atoms with Crippen molar-refractivity contribution in [1.29, 1.82) is 0 Å². The third kappa shape index (κ3) is 2.83. The van der Waals surface area contributed by atoms with Gasteiger partial charge in [0.2, 0.25) is 0 Å². The standard InChI is InChI=1S/C9H4F6N4/c10-8(11,12)5-3-6(9(13,14)15)17-7(4-5)19-2-1-16-18-19/h1-4H. The molecule has 2 rings (SSSR count). The fourth-order valence-electron chi connectivity index (χ4n) is 1.27. The molecule has 0 amide bonds. The first kappa shape index (κ1) is 13.3. The molecule has 0 saturated heterocycles. The van der Waals surface area contributed by atoms with Gasteiger partial charge in [-0.2, -0.15) is 26.3 Å². The van der Waals surface area contributed by atoms with Crippen molar-refractivity contribution < 1.29 is 26.3 Å². The minimum absolute atomic E-state index is 0.0551. The molecule has 0 aliphatic heterocycles. The lowest BCUT2D eigenvalue weighted by Gasteiger charge is -2.12. The molecule has 102 valence electrons. The summed E-state index contributed by atoms with van der Waals surface area (Å²) in [5.41, 5.74) is -3.10. The van der Waals surface area contributed by atoms with Crippen LogP contribution >= 0.6 is 0 Å². The van der Waals surface area contributed by atoms with Crippen molar-refractivity contribution in [1.82, 2.24) is 20.0 Å². The molecule has 0 radical (unpaired) electrons. The molecule has 0 atom stereocenters. The van der Waals surface area contributed by atoms with Crippen LogP contribution in [0.15, 0.2) is 24.5 Å². The summed E-state index contributed by atoms with van der Waals surface area (Å²) >= 11 is 0. The molecule has 10 heteroatoms. The van der Waals surface area contributed by atoms with Crippen LogP contribution in [0.4, 0.5) is 26.3 Å². The van der Waals surface area contributed by atoms with Gasteiger partial charge >= 0.3 is 12.4 Å². The van der Waals surface area contributed by atoms with Gasteiger partial charge in [0.15, 0.2) is 5.82 Å². The van der Waals surface area contributed by atoms with E-state index in [0.29, 0.717) is 10.7 Å². The molecule has 0 bridgehead atoms. The Morgan fingerprint density at radius 3 is 2.11 bits per heavy atom. The molecule has 0 saturated carbocycles. The molecular weight excluding hydrogens is 278 g/mol. The molecule has 0 unspecified atom stereocenters. The molecule has 2 aromatic heterocycles. The van der Waals surface area contributed by atoms with E-state index in [2.05, 4.69) is 15.3 Å². The SMILES string of the molecule is FC(F)(F)c1cc(-n2ccnn2)nc(C(F)(F)F)c1. The molecule has 0 aliphatic carbocycles. The van der Waals surface area contributed by atoms with Crippen LogP contribution in [-0.4, -0.2) is 20.0 Å². The number of hydrogen-bond acceptors (Lipinski definition) is 3. The van der Waals surface area contributed by atoms with Crippen molar-refractivity contribution in [2.24, 2.45) is 0 Å². The summed E-state index contributed by atoms with van der Waals surface area (Å²) in [7, 11) is 0. The fourth-order valence-corrected chi connectivity index (χ4v) is 1.27. The summed E-state index contributed by atoms with van der Waals surface area (Å²) in [5, 5.41) is 6.60. The number of hydrogen-bond donors (Lipinski definition) is 0. The largest absolute Gasteiger partial charge is 0.433 e. The Kier molecular flexibility index (Phi) is 2.95. The monoisotopic (exact) mass is 282 g/mol. The van der Waals surface area contributed by atoms with Crippen LogP contribution in [0.1, 0.15) is 11.3 Å². The number of aromatic nitrogens is 4. The molecule has 0 fully saturated rings. The second kappa shape index (κ2) is 4.21. The summed E-state index contributed by atoms with van der Waals surface area (Å²) in [6.45, 7) is 0. The van der Waals surface area contributed by atoms with Gasteiger partial charge < -0.3 is 0 Å². The highest BCUT2D eigenvalue weighted by Gasteiger charge is 2.38. The van der Waals surface area contributed by atoms with Crippen molar-refractivity contribution in [3.05, 3.63) is 35.8 Å². The smallest absolute Gasteiger partial charge is 0.224 e. The van der Waals surface area contributed by atoms with Crippen molar-refractivity contribution in [2.45, 2.75) is 12.4 Å². The molecule has 0 aromatic carbocycles. The lowest BCUT2D eigenvalue weighted by atomic mass is 10.2. The highest BCUT2D eigenvalue weighted by atomic mass is 19.4. The maximum absolute atomic E-state index is 12.5. The number of alkyl halides is 6. The van der Waals surface area contributed by atoms with Crippen molar-refractivity contribution in [3.63, 3.8) is 0 Å². The van der Waals surface area contributed by atoms with Gasteiger partial charge in [-0.15, -0.1) is 5.10 Å². The van der Waals surface area contributed by atoms with Gasteiger partial charge in [0.05, 0.1) is 18.0 Å². The van der Waals surface area contributed by atoms with E-state index < -0.39 is 29.4 Å². The normalized spacial score (nSPS) is 12.7. The van der Waals surface area contributed by atoms with Gasteiger partial charge in [-0.05, 0) is 12.1 Å². The van der Waals surface area contributed by atoms with Crippen LogP contribution < -0.4 is 0 Å². The van der Waals surface area contributed by atoms with E-state index in [0.717, 1.165) is 12.4 Å². The second-order valence-corrected chi connectivity index (χ2v) is 3.44. The average Bonchev–Trinajstić information content (AvgIpc) is 2.79. The molecule has 2 heterocycles. The Bertz CT molecular complexity index is 539. The Balaban J connectivity index is 2.62. The van der Waals surface area contributed by atoms with Crippen LogP contribution in [0.3, 0.4) is 0 Å². The summed E-state index contributed by atoms with van der Waals surface area (Å²) in [4.78, 5) is 3.10. The molecule has 4 nitrogen and oxygen atoms in total. The van der Waals surface area contributed by atoms with Gasteiger partial charge in [0, 0.05) is 0 Å². The van der Waals surface area contributed by atoms with Crippen molar-refractivity contribution in [3.8, 4) is 5.82 Å². The first-order valence-electron chi connectivity index (χ1n) is 4.71. The Morgan fingerprint density at radius 2 is 1.63 bits per heavy atom. The lowest BCUT2D eigenvalue weighted by Crippen LogP contribution is -2.15. The van der Waals surface area contributed by atoms with Crippen LogP contribution in [0, 0.1) is 0 Å². The van der Waals surface area contributed by atoms with E-state index in [1.165, 1.54) is 0 Å². The lowest BCUT2D eigenvalue weighted by molar-refractivity contribution is -0.145. The number of pyridine rings is 1. The zero-order valence-electron chi connectivity index (χ0n) is 8.87. The van der Waals surface area contributed by atoms with Crippen molar-refractivity contribution >= 4 is 0 Å². The minimum Gasteiger partial charge on any atom is -0.224 e. The quantitative estimate of drug-likeness (QED) is 0.755. The average molecular weight is 282 g/mol. The summed E-state index contributed by atoms with van der Waals surface area (Å²) in [6.07, 6.45) is -7.72. The van der Waals surface area contributed by atoms with Gasteiger partial charge in [-0.25, -0.2) is 9.67 Å². The van der Waals surface area contributed by atoms with Gasteiger partial charge in [0.25, 0.3) is 0 Å². The van der Waals surface area contributed by atoms with E-state index in [1.807, 2.05) is 0 Å². The van der Waals surface area contributed by atoms with Crippen LogP contribution in [0.2, 0.25) is 0 Å². The van der Waals surface area contributed by atoms with Crippen LogP contribution in [0.25, 0.3) is 5.82 Å². The summed E-state index contributed by atoms with van der Waals surface area (Å²) < 4.78 is 75.8. The van der Waals surface area contributed by atoms with Gasteiger partial charge in [-0.1, -0.05) is 5.21 Å². The Morgan fingerprint density at radius 1 is 0.947 bits per heavy atom. The number of halogens is 6. The third-order valence-electron chi connectivity index (χ3n) is 2.09. The molecule has 0 N–H and O–H groups in total. The van der Waals surface area contributed by atoms with E-state index in [9.17, 15) is 26.3 Å². The Labute approximate surface area is 101 Å². The van der Waals surface area contributed by atoms with E-state index in [4.69, 9.17) is 0 Å². The molecule has 2 aromatic rings. The van der Waals surface area contributed by atoms with Crippen LogP contribution in [-0.2, 0) is 12.4 Å². The molecule has 0 spiro atoms. The maximum Gasteiger partial charge on any atom is 0.433 e. The van der Waals surface area contributed by atoms with Crippen LogP contribution in [0.5, 0.6) is 0 Å². The number of nitrogens with zero attached hydrogens (tertiary/aromatic N) is 4. The zero-order chi connectivity index (χ0) is 14.3. The topological polar surface area (TPSA) is 43.6 Å². The minimum atomic E-state index is -4.99. The first-order valence-corrected chi connectivity index (χ1v) is 4.71. The highest BCUT2D eigenvalue weighted by Crippen LogP contribution is 2.35. The van der Waals surface area contributed by atoms with Crippen molar-refractivity contribution in [2.75, 3.05) is 0 Å². The highest BCUT2D eigenvalue weighted by molar-refractivity contribution is 5.32. The molecule has 0 aliphatic rings. The molecule has 19 heavy (non-hydrogen) atoms. The first-order chi connectivity index (χ1) is 8.68. The predicted molar refractivity (Wildman–Crippen MR) is 49.2 cm³/mol. The van der Waals surface area contributed by atoms with E-state index in [-0.39, 0.29) is 6.07 Å². The predicted octanol–water partition coefficient (Wildman–Crippen LogP) is 2.70. The molecular formula is C9H4F6N4. The Hall–Kier alpha value is -2.13. The summed E-state index contributed by atoms with van der Waals surface area (Å²) in [6, 6.07) is 0.407.